The summed E-state index contributed by atoms with van der Waals surface area (Å²) in [5, 5.41) is 11.2. The smallest absolute Gasteiger partial charge is 0.191 e. The quantitative estimate of drug-likeness (QED) is 0.567. The van der Waals surface area contributed by atoms with E-state index in [0.29, 0.717) is 13.2 Å². The second kappa shape index (κ2) is 9.12. The molecule has 2 aromatic heterocycles. The highest BCUT2D eigenvalue weighted by Crippen LogP contribution is 2.12. The van der Waals surface area contributed by atoms with E-state index in [4.69, 9.17) is 9.15 Å². The van der Waals surface area contributed by atoms with E-state index in [0.717, 1.165) is 42.6 Å². The summed E-state index contributed by atoms with van der Waals surface area (Å²) >= 11 is 0. The highest BCUT2D eigenvalue weighted by Gasteiger charge is 2.11. The molecule has 0 aromatic carbocycles. The number of hydrogen-bond donors (Lipinski definition) is 2. The SMILES string of the molecule is CN=C(NCCc1ccco1)NCc1c(C)nn(CCOC)c1C. The van der Waals surface area contributed by atoms with Gasteiger partial charge in [0.25, 0.3) is 0 Å². The number of nitrogens with zero attached hydrogens (tertiary/aromatic N) is 3. The van der Waals surface area contributed by atoms with Crippen molar-refractivity contribution in [2.75, 3.05) is 27.3 Å². The standard InChI is InChI=1S/C17H27N5O2/c1-13-16(14(2)22(21-13)9-11-23-4)12-20-17(18-3)19-8-7-15-6-5-10-24-15/h5-6,10H,7-9,11-12H2,1-4H3,(H2,18,19,20). The van der Waals surface area contributed by atoms with Crippen molar-refractivity contribution in [3.05, 3.63) is 41.1 Å². The second-order valence-corrected chi connectivity index (χ2v) is 5.55. The zero-order valence-electron chi connectivity index (χ0n) is 14.9. The van der Waals surface area contributed by atoms with Crippen molar-refractivity contribution in [1.29, 1.82) is 0 Å². The van der Waals surface area contributed by atoms with Gasteiger partial charge in [0, 0.05) is 44.9 Å². The van der Waals surface area contributed by atoms with E-state index in [2.05, 4.69) is 27.6 Å². The Morgan fingerprint density at radius 2 is 2.21 bits per heavy atom. The fraction of sp³-hybridized carbons (Fsp3) is 0.529. The number of aliphatic imine (C=N–C) groups is 1. The van der Waals surface area contributed by atoms with Crippen LogP contribution >= 0.6 is 0 Å². The Kier molecular flexibility index (Phi) is 6.87. The minimum Gasteiger partial charge on any atom is -0.469 e. The Morgan fingerprint density at radius 3 is 2.88 bits per heavy atom. The zero-order chi connectivity index (χ0) is 17.4. The molecule has 2 rings (SSSR count). The molecule has 0 aliphatic heterocycles. The Balaban J connectivity index is 1.85. The average molecular weight is 333 g/mol. The second-order valence-electron chi connectivity index (χ2n) is 5.55. The number of furan rings is 1. The van der Waals surface area contributed by atoms with Crippen molar-refractivity contribution in [2.24, 2.45) is 4.99 Å². The molecule has 0 aliphatic rings. The van der Waals surface area contributed by atoms with Crippen LogP contribution in [0.25, 0.3) is 0 Å². The first-order valence-corrected chi connectivity index (χ1v) is 8.14. The van der Waals surface area contributed by atoms with Crippen molar-refractivity contribution < 1.29 is 9.15 Å². The molecule has 0 unspecified atom stereocenters. The summed E-state index contributed by atoms with van der Waals surface area (Å²) in [6.45, 7) is 6.98. The summed E-state index contributed by atoms with van der Waals surface area (Å²) in [6, 6.07) is 3.87. The summed E-state index contributed by atoms with van der Waals surface area (Å²) in [5.41, 5.74) is 3.38. The number of guanidine groups is 1. The van der Waals surface area contributed by atoms with E-state index in [-0.39, 0.29) is 0 Å². The van der Waals surface area contributed by atoms with Gasteiger partial charge in [0.05, 0.1) is 25.1 Å². The van der Waals surface area contributed by atoms with Gasteiger partial charge in [0.2, 0.25) is 0 Å². The van der Waals surface area contributed by atoms with Crippen molar-refractivity contribution in [2.45, 2.75) is 33.4 Å². The van der Waals surface area contributed by atoms with Crippen molar-refractivity contribution in [1.82, 2.24) is 20.4 Å². The summed E-state index contributed by atoms with van der Waals surface area (Å²) in [6.07, 6.45) is 2.51. The van der Waals surface area contributed by atoms with Gasteiger partial charge in [-0.25, -0.2) is 0 Å². The van der Waals surface area contributed by atoms with Gasteiger partial charge in [0.15, 0.2) is 5.96 Å². The number of hydrogen-bond acceptors (Lipinski definition) is 4. The molecule has 132 valence electrons. The highest BCUT2D eigenvalue weighted by atomic mass is 16.5. The molecule has 7 heteroatoms. The number of aryl methyl sites for hydroxylation is 1. The third kappa shape index (κ3) is 4.86. The minimum absolute atomic E-state index is 0.658. The van der Waals surface area contributed by atoms with Gasteiger partial charge in [-0.05, 0) is 26.0 Å². The Bertz CT molecular complexity index is 646. The van der Waals surface area contributed by atoms with Crippen molar-refractivity contribution in [3.63, 3.8) is 0 Å². The summed E-state index contributed by atoms with van der Waals surface area (Å²) in [5.74, 6) is 1.73. The molecule has 0 bridgehead atoms. The van der Waals surface area contributed by atoms with Crippen LogP contribution in [-0.2, 0) is 24.2 Å². The summed E-state index contributed by atoms with van der Waals surface area (Å²) in [7, 11) is 3.47. The lowest BCUT2D eigenvalue weighted by atomic mass is 10.2. The van der Waals surface area contributed by atoms with Crippen LogP contribution in [0.15, 0.2) is 27.8 Å². The fourth-order valence-corrected chi connectivity index (χ4v) is 2.54. The van der Waals surface area contributed by atoms with Gasteiger partial charge in [-0.3, -0.25) is 9.67 Å². The molecule has 0 radical (unpaired) electrons. The molecule has 0 saturated heterocycles. The maximum Gasteiger partial charge on any atom is 0.191 e. The van der Waals surface area contributed by atoms with E-state index in [1.807, 2.05) is 23.7 Å². The van der Waals surface area contributed by atoms with Crippen LogP contribution in [-0.4, -0.2) is 43.0 Å². The van der Waals surface area contributed by atoms with Crippen LogP contribution in [0, 0.1) is 13.8 Å². The van der Waals surface area contributed by atoms with E-state index in [9.17, 15) is 0 Å². The van der Waals surface area contributed by atoms with Crippen LogP contribution in [0.3, 0.4) is 0 Å². The molecule has 2 N–H and O–H groups in total. The molecular weight excluding hydrogens is 306 g/mol. The molecule has 24 heavy (non-hydrogen) atoms. The Labute approximate surface area is 143 Å². The third-order valence-electron chi connectivity index (χ3n) is 3.94. The third-order valence-corrected chi connectivity index (χ3v) is 3.94. The van der Waals surface area contributed by atoms with Crippen LogP contribution in [0.4, 0.5) is 0 Å². The van der Waals surface area contributed by atoms with Crippen LogP contribution in [0.5, 0.6) is 0 Å². The van der Waals surface area contributed by atoms with E-state index in [1.54, 1.807) is 20.4 Å². The Hall–Kier alpha value is -2.28. The number of methoxy groups -OCH3 is 1. The van der Waals surface area contributed by atoms with E-state index < -0.39 is 0 Å². The lowest BCUT2D eigenvalue weighted by Gasteiger charge is -2.12. The molecule has 2 heterocycles. The van der Waals surface area contributed by atoms with Gasteiger partial charge >= 0.3 is 0 Å². The van der Waals surface area contributed by atoms with E-state index >= 15 is 0 Å². The van der Waals surface area contributed by atoms with Gasteiger partial charge < -0.3 is 19.8 Å². The molecule has 0 spiro atoms. The monoisotopic (exact) mass is 333 g/mol. The average Bonchev–Trinajstić information content (AvgIpc) is 3.18. The van der Waals surface area contributed by atoms with Gasteiger partial charge in [-0.15, -0.1) is 0 Å². The van der Waals surface area contributed by atoms with Crippen molar-refractivity contribution in [3.8, 4) is 0 Å². The molecule has 0 aliphatic carbocycles. The molecule has 0 amide bonds. The zero-order valence-corrected chi connectivity index (χ0v) is 14.9. The maximum atomic E-state index is 5.32. The molecule has 0 atom stereocenters. The number of nitrogens with one attached hydrogen (secondary N) is 2. The molecule has 2 aromatic rings. The topological polar surface area (TPSA) is 76.6 Å². The first-order chi connectivity index (χ1) is 11.7. The molecule has 0 saturated carbocycles. The number of rotatable bonds is 8. The van der Waals surface area contributed by atoms with Gasteiger partial charge in [0.1, 0.15) is 5.76 Å². The lowest BCUT2D eigenvalue weighted by Crippen LogP contribution is -2.38. The highest BCUT2D eigenvalue weighted by molar-refractivity contribution is 5.79. The fourth-order valence-electron chi connectivity index (χ4n) is 2.54. The van der Waals surface area contributed by atoms with Crippen molar-refractivity contribution >= 4 is 5.96 Å². The van der Waals surface area contributed by atoms with E-state index in [1.165, 1.54) is 5.56 Å². The van der Waals surface area contributed by atoms with Crippen LogP contribution in [0.2, 0.25) is 0 Å². The molecular formula is C17H27N5O2. The largest absolute Gasteiger partial charge is 0.469 e. The van der Waals surface area contributed by atoms with Gasteiger partial charge in [-0.1, -0.05) is 0 Å². The first-order valence-electron chi connectivity index (χ1n) is 8.14. The predicted molar refractivity (Wildman–Crippen MR) is 94.2 cm³/mol. The summed E-state index contributed by atoms with van der Waals surface area (Å²) < 4.78 is 12.4. The molecule has 0 fully saturated rings. The lowest BCUT2D eigenvalue weighted by molar-refractivity contribution is 0.182. The summed E-state index contributed by atoms with van der Waals surface area (Å²) in [4.78, 5) is 4.25. The Morgan fingerprint density at radius 1 is 1.38 bits per heavy atom. The first kappa shape index (κ1) is 18.1. The van der Waals surface area contributed by atoms with Crippen LogP contribution in [0.1, 0.15) is 22.7 Å². The predicted octanol–water partition coefficient (Wildman–Crippen LogP) is 1.65. The maximum absolute atomic E-state index is 5.32. The van der Waals surface area contributed by atoms with Crippen LogP contribution < -0.4 is 10.6 Å². The normalized spacial score (nSPS) is 11.8. The number of ether oxygens (including phenoxy) is 1. The number of aromatic nitrogens is 2. The molecule has 7 nitrogen and oxygen atoms in total. The minimum atomic E-state index is 0.658. The van der Waals surface area contributed by atoms with Gasteiger partial charge in [-0.2, -0.15) is 5.10 Å².